The molecule has 0 unspecified atom stereocenters. The van der Waals surface area contributed by atoms with Gasteiger partial charge in [-0.15, -0.1) is 0 Å². The molecule has 2 N–H and O–H groups in total. The molecule has 0 radical (unpaired) electrons. The molecule has 25 heavy (non-hydrogen) atoms. The molecule has 0 aliphatic rings. The first-order chi connectivity index (χ1) is 11.6. The van der Waals surface area contributed by atoms with Gasteiger partial charge in [0.05, 0.1) is 11.1 Å². The molecule has 1 aromatic heterocycles. The molecule has 0 amide bonds. The Kier molecular flexibility index (Phi) is 4.22. The highest BCUT2D eigenvalue weighted by atomic mass is 16.6. The predicted octanol–water partition coefficient (Wildman–Crippen LogP) is 3.63. The van der Waals surface area contributed by atoms with Crippen molar-refractivity contribution < 1.29 is 14.9 Å². The number of aromatic nitrogens is 2. The molecule has 0 spiro atoms. The lowest BCUT2D eigenvalue weighted by molar-refractivity contribution is -0.106. The van der Waals surface area contributed by atoms with Crippen molar-refractivity contribution in [2.75, 3.05) is 0 Å². The average Bonchev–Trinajstić information content (AvgIpc) is 2.52. The number of fused-ring (bicyclic) bond motifs is 1. The van der Waals surface area contributed by atoms with Gasteiger partial charge in [-0.3, -0.25) is 0 Å². The van der Waals surface area contributed by atoms with E-state index in [1.807, 2.05) is 30.3 Å². The van der Waals surface area contributed by atoms with E-state index in [1.165, 1.54) is 0 Å². The third-order valence-corrected chi connectivity index (χ3v) is 3.73. The molecule has 3 rings (SSSR count). The zero-order chi connectivity index (χ0) is 18.2. The van der Waals surface area contributed by atoms with Gasteiger partial charge in [0.2, 0.25) is 5.79 Å². The van der Waals surface area contributed by atoms with Crippen LogP contribution in [-0.4, -0.2) is 26.0 Å². The molecule has 130 valence electrons. The van der Waals surface area contributed by atoms with Crippen molar-refractivity contribution in [3.63, 3.8) is 0 Å². The Labute approximate surface area is 147 Å². The highest BCUT2D eigenvalue weighted by Gasteiger charge is 2.27. The van der Waals surface area contributed by atoms with Crippen LogP contribution in [0.3, 0.4) is 0 Å². The third-order valence-electron chi connectivity index (χ3n) is 3.73. The Bertz CT molecular complexity index is 894. The molecule has 5 nitrogen and oxygen atoms in total. The summed E-state index contributed by atoms with van der Waals surface area (Å²) in [4.78, 5) is 9.07. The number of benzene rings is 2. The van der Waals surface area contributed by atoms with Gasteiger partial charge in [-0.1, -0.05) is 30.3 Å². The standard InChI is InChI=1S/C20H22N2O3/c1-19(2,23)17-14-12-21-18(13-8-6-5-7-9-13)22-15(14)10-11-16(17)25-20(3,4)24/h5-12,23-24H,1-4H3. The summed E-state index contributed by atoms with van der Waals surface area (Å²) in [5.74, 6) is -0.340. The first-order valence-corrected chi connectivity index (χ1v) is 8.14. The molecule has 0 atom stereocenters. The number of ether oxygens (including phenoxy) is 1. The molecular weight excluding hydrogens is 316 g/mol. The first-order valence-electron chi connectivity index (χ1n) is 8.14. The predicted molar refractivity (Wildman–Crippen MR) is 97.1 cm³/mol. The topological polar surface area (TPSA) is 75.5 Å². The summed E-state index contributed by atoms with van der Waals surface area (Å²) >= 11 is 0. The van der Waals surface area contributed by atoms with E-state index < -0.39 is 11.4 Å². The Hall–Kier alpha value is -2.50. The smallest absolute Gasteiger partial charge is 0.202 e. The second-order valence-electron chi connectivity index (χ2n) is 7.04. The van der Waals surface area contributed by atoms with Crippen molar-refractivity contribution in [1.29, 1.82) is 0 Å². The summed E-state index contributed by atoms with van der Waals surface area (Å²) in [7, 11) is 0. The summed E-state index contributed by atoms with van der Waals surface area (Å²) < 4.78 is 5.62. The van der Waals surface area contributed by atoms with Crippen LogP contribution in [0.2, 0.25) is 0 Å². The van der Waals surface area contributed by atoms with Gasteiger partial charge in [-0.2, -0.15) is 0 Å². The van der Waals surface area contributed by atoms with Gasteiger partial charge < -0.3 is 14.9 Å². The SMILES string of the molecule is CC(C)(O)Oc1ccc2nc(-c3ccccc3)ncc2c1C(C)(C)O. The number of aliphatic hydroxyl groups is 2. The van der Waals surface area contributed by atoms with Gasteiger partial charge in [0.1, 0.15) is 5.75 Å². The molecule has 2 aromatic carbocycles. The minimum Gasteiger partial charge on any atom is -0.463 e. The molecule has 0 saturated carbocycles. The molecule has 0 aliphatic carbocycles. The second kappa shape index (κ2) is 6.10. The van der Waals surface area contributed by atoms with Crippen molar-refractivity contribution in [1.82, 2.24) is 9.97 Å². The Balaban J connectivity index is 2.20. The molecule has 0 aliphatic heterocycles. The average molecular weight is 338 g/mol. The summed E-state index contributed by atoms with van der Waals surface area (Å²) in [5.41, 5.74) is 0.990. The Morgan fingerprint density at radius 1 is 0.920 bits per heavy atom. The van der Waals surface area contributed by atoms with Gasteiger partial charge in [0, 0.05) is 36.6 Å². The van der Waals surface area contributed by atoms with Crippen molar-refractivity contribution in [3.05, 3.63) is 54.2 Å². The second-order valence-corrected chi connectivity index (χ2v) is 7.04. The van der Waals surface area contributed by atoms with Gasteiger partial charge in [0.25, 0.3) is 0 Å². The summed E-state index contributed by atoms with van der Waals surface area (Å²) in [5, 5.41) is 21.3. The third kappa shape index (κ3) is 3.78. The summed E-state index contributed by atoms with van der Waals surface area (Å²) in [6, 6.07) is 13.2. The maximum atomic E-state index is 10.6. The number of hydrogen-bond acceptors (Lipinski definition) is 5. The number of rotatable bonds is 4. The normalized spacial score (nSPS) is 12.4. The minimum atomic E-state index is -1.36. The van der Waals surface area contributed by atoms with Crippen LogP contribution in [0.5, 0.6) is 5.75 Å². The molecular formula is C20H22N2O3. The van der Waals surface area contributed by atoms with E-state index >= 15 is 0 Å². The van der Waals surface area contributed by atoms with E-state index in [-0.39, 0.29) is 0 Å². The van der Waals surface area contributed by atoms with Crippen LogP contribution in [0.15, 0.2) is 48.7 Å². The highest BCUT2D eigenvalue weighted by Crippen LogP contribution is 2.37. The van der Waals surface area contributed by atoms with Crippen LogP contribution >= 0.6 is 0 Å². The van der Waals surface area contributed by atoms with Crippen molar-refractivity contribution in [3.8, 4) is 17.1 Å². The number of hydrogen-bond donors (Lipinski definition) is 2. The zero-order valence-electron chi connectivity index (χ0n) is 14.8. The fourth-order valence-corrected chi connectivity index (χ4v) is 2.80. The van der Waals surface area contributed by atoms with E-state index in [0.29, 0.717) is 28.0 Å². The fraction of sp³-hybridized carbons (Fsp3) is 0.300. The quantitative estimate of drug-likeness (QED) is 0.711. The molecule has 1 heterocycles. The van der Waals surface area contributed by atoms with Gasteiger partial charge in [-0.25, -0.2) is 9.97 Å². The Morgan fingerprint density at radius 2 is 1.60 bits per heavy atom. The first kappa shape index (κ1) is 17.3. The van der Waals surface area contributed by atoms with Crippen molar-refractivity contribution in [2.45, 2.75) is 39.1 Å². The fourth-order valence-electron chi connectivity index (χ4n) is 2.80. The minimum absolute atomic E-state index is 0.406. The Morgan fingerprint density at radius 3 is 2.20 bits per heavy atom. The van der Waals surface area contributed by atoms with E-state index in [1.54, 1.807) is 46.0 Å². The highest BCUT2D eigenvalue weighted by molar-refractivity contribution is 5.86. The van der Waals surface area contributed by atoms with Crippen molar-refractivity contribution >= 4 is 10.9 Å². The van der Waals surface area contributed by atoms with Crippen LogP contribution < -0.4 is 4.74 Å². The van der Waals surface area contributed by atoms with Gasteiger partial charge >= 0.3 is 0 Å². The molecule has 5 heteroatoms. The van der Waals surface area contributed by atoms with Crippen LogP contribution in [0.1, 0.15) is 33.3 Å². The molecule has 0 bridgehead atoms. The van der Waals surface area contributed by atoms with E-state index in [0.717, 1.165) is 5.56 Å². The van der Waals surface area contributed by atoms with E-state index in [9.17, 15) is 10.2 Å². The molecule has 0 saturated heterocycles. The lowest BCUT2D eigenvalue weighted by Crippen LogP contribution is -2.29. The lowest BCUT2D eigenvalue weighted by Gasteiger charge is -2.27. The van der Waals surface area contributed by atoms with E-state index in [2.05, 4.69) is 9.97 Å². The number of nitrogens with zero attached hydrogens (tertiary/aromatic N) is 2. The maximum absolute atomic E-state index is 10.6. The molecule has 0 fully saturated rings. The van der Waals surface area contributed by atoms with Crippen LogP contribution in [0, 0.1) is 0 Å². The lowest BCUT2D eigenvalue weighted by atomic mass is 9.93. The van der Waals surface area contributed by atoms with Crippen LogP contribution in [-0.2, 0) is 5.60 Å². The molecule has 3 aromatic rings. The summed E-state index contributed by atoms with van der Waals surface area (Å²) in [6.45, 7) is 6.43. The van der Waals surface area contributed by atoms with Gasteiger partial charge in [0.15, 0.2) is 5.82 Å². The van der Waals surface area contributed by atoms with E-state index in [4.69, 9.17) is 4.74 Å². The van der Waals surface area contributed by atoms with Crippen LogP contribution in [0.4, 0.5) is 0 Å². The monoisotopic (exact) mass is 338 g/mol. The summed E-state index contributed by atoms with van der Waals surface area (Å²) in [6.07, 6.45) is 1.69. The largest absolute Gasteiger partial charge is 0.463 e. The maximum Gasteiger partial charge on any atom is 0.202 e. The zero-order valence-corrected chi connectivity index (χ0v) is 14.8. The van der Waals surface area contributed by atoms with Crippen LogP contribution in [0.25, 0.3) is 22.3 Å². The van der Waals surface area contributed by atoms with Gasteiger partial charge in [-0.05, 0) is 26.0 Å². The van der Waals surface area contributed by atoms with Crippen molar-refractivity contribution in [2.24, 2.45) is 0 Å².